The zero-order chi connectivity index (χ0) is 16.2. The second-order valence-electron chi connectivity index (χ2n) is 4.91. The monoisotopic (exact) mass is 323 g/mol. The summed E-state index contributed by atoms with van der Waals surface area (Å²) >= 11 is 0. The third kappa shape index (κ3) is 4.55. The highest BCUT2D eigenvalue weighted by molar-refractivity contribution is 7.90. The predicted molar refractivity (Wildman–Crippen MR) is 81.2 cm³/mol. The number of amides is 2. The first-order valence-corrected chi connectivity index (χ1v) is 8.44. The molecule has 0 saturated heterocycles. The Kier molecular flexibility index (Phi) is 4.76. The van der Waals surface area contributed by atoms with Gasteiger partial charge in [-0.3, -0.25) is 4.68 Å². The minimum absolute atomic E-state index is 0.142. The molecule has 0 radical (unpaired) electrons. The Labute approximate surface area is 128 Å². The second-order valence-corrected chi connectivity index (χ2v) is 6.93. The van der Waals surface area contributed by atoms with E-state index in [9.17, 15) is 13.2 Å². The van der Waals surface area contributed by atoms with E-state index >= 15 is 0 Å². The quantitative estimate of drug-likeness (QED) is 0.850. The molecule has 8 nitrogen and oxygen atoms in total. The number of benzene rings is 1. The molecule has 0 aliphatic carbocycles. The van der Waals surface area contributed by atoms with Gasteiger partial charge in [0.25, 0.3) is 0 Å². The van der Waals surface area contributed by atoms with Crippen molar-refractivity contribution in [2.75, 3.05) is 11.6 Å². The summed E-state index contributed by atoms with van der Waals surface area (Å²) in [7, 11) is -3.24. The highest BCUT2D eigenvalue weighted by Gasteiger charge is 2.10. The Morgan fingerprint density at radius 3 is 2.55 bits per heavy atom. The summed E-state index contributed by atoms with van der Waals surface area (Å²) in [5.74, 6) is 0. The fourth-order valence-electron chi connectivity index (χ4n) is 1.83. The lowest BCUT2D eigenvalue weighted by Crippen LogP contribution is -2.38. The van der Waals surface area contributed by atoms with Crippen molar-refractivity contribution in [1.82, 2.24) is 20.1 Å². The fraction of sp³-hybridized carbons (Fsp3) is 0.308. The van der Waals surface area contributed by atoms with E-state index in [1.165, 1.54) is 30.6 Å². The summed E-state index contributed by atoms with van der Waals surface area (Å²) in [5, 5.41) is 9.35. The standard InChI is InChI=1S/C13H17N5O3S/c1-10(7-18-9-14-8-15-18)16-13(19)17-11-3-5-12(6-4-11)22(2,20)21/h3-6,8-10H,7H2,1-2H3,(H2,16,17,19). The maximum Gasteiger partial charge on any atom is 0.319 e. The minimum Gasteiger partial charge on any atom is -0.334 e. The average Bonchev–Trinajstić information content (AvgIpc) is 2.90. The summed E-state index contributed by atoms with van der Waals surface area (Å²) in [4.78, 5) is 15.9. The molecule has 9 heteroatoms. The van der Waals surface area contributed by atoms with Crippen LogP contribution >= 0.6 is 0 Å². The number of carbonyl (C=O) groups is 1. The number of aromatic nitrogens is 3. The molecule has 1 unspecified atom stereocenters. The lowest BCUT2D eigenvalue weighted by molar-refractivity contribution is 0.247. The van der Waals surface area contributed by atoms with Gasteiger partial charge in [0.1, 0.15) is 12.7 Å². The van der Waals surface area contributed by atoms with E-state index in [4.69, 9.17) is 0 Å². The first-order valence-electron chi connectivity index (χ1n) is 6.54. The van der Waals surface area contributed by atoms with Crippen molar-refractivity contribution >= 4 is 21.6 Å². The van der Waals surface area contributed by atoms with Gasteiger partial charge in [-0.1, -0.05) is 0 Å². The molecule has 0 spiro atoms. The maximum atomic E-state index is 11.8. The molecule has 1 heterocycles. The third-order valence-corrected chi connectivity index (χ3v) is 3.97. The number of carbonyl (C=O) groups excluding carboxylic acids is 1. The van der Waals surface area contributed by atoms with Crippen molar-refractivity contribution in [1.29, 1.82) is 0 Å². The zero-order valence-corrected chi connectivity index (χ0v) is 13.0. The number of hydrogen-bond donors (Lipinski definition) is 2. The molecule has 2 N–H and O–H groups in total. The van der Waals surface area contributed by atoms with Gasteiger partial charge in [-0.2, -0.15) is 5.10 Å². The summed E-state index contributed by atoms with van der Waals surface area (Å²) < 4.78 is 24.3. The molecule has 22 heavy (non-hydrogen) atoms. The van der Waals surface area contributed by atoms with Crippen LogP contribution in [0.2, 0.25) is 0 Å². The highest BCUT2D eigenvalue weighted by atomic mass is 32.2. The molecule has 2 aromatic rings. The number of nitrogens with one attached hydrogen (secondary N) is 2. The SMILES string of the molecule is CC(Cn1cncn1)NC(=O)Nc1ccc(S(C)(=O)=O)cc1. The first kappa shape index (κ1) is 16.0. The van der Waals surface area contributed by atoms with Gasteiger partial charge in [0.15, 0.2) is 9.84 Å². The predicted octanol–water partition coefficient (Wildman–Crippen LogP) is 0.892. The zero-order valence-electron chi connectivity index (χ0n) is 12.2. The minimum atomic E-state index is -3.24. The van der Waals surface area contributed by atoms with Crippen LogP contribution in [0, 0.1) is 0 Å². The van der Waals surface area contributed by atoms with Crippen LogP contribution in [0.4, 0.5) is 10.5 Å². The number of anilines is 1. The number of sulfone groups is 1. The topological polar surface area (TPSA) is 106 Å². The Bertz CT molecular complexity index is 726. The Morgan fingerprint density at radius 1 is 1.32 bits per heavy atom. The van der Waals surface area contributed by atoms with Gasteiger partial charge in [0.05, 0.1) is 11.4 Å². The number of urea groups is 1. The average molecular weight is 323 g/mol. The Hall–Kier alpha value is -2.42. The lowest BCUT2D eigenvalue weighted by Gasteiger charge is -2.14. The number of rotatable bonds is 5. The van der Waals surface area contributed by atoms with Crippen molar-refractivity contribution in [2.45, 2.75) is 24.4 Å². The van der Waals surface area contributed by atoms with Crippen LogP contribution in [0.15, 0.2) is 41.8 Å². The summed E-state index contributed by atoms with van der Waals surface area (Å²) in [6, 6.07) is 5.46. The first-order chi connectivity index (χ1) is 10.3. The van der Waals surface area contributed by atoms with E-state index in [-0.39, 0.29) is 17.0 Å². The van der Waals surface area contributed by atoms with Crippen LogP contribution in [0.25, 0.3) is 0 Å². The Morgan fingerprint density at radius 2 is 2.00 bits per heavy atom. The molecular formula is C13H17N5O3S. The van der Waals surface area contributed by atoms with Crippen LogP contribution < -0.4 is 10.6 Å². The van der Waals surface area contributed by atoms with Gasteiger partial charge in [-0.05, 0) is 31.2 Å². The molecule has 0 aliphatic rings. The van der Waals surface area contributed by atoms with Crippen LogP contribution in [-0.4, -0.2) is 41.5 Å². The molecular weight excluding hydrogens is 306 g/mol. The summed E-state index contributed by atoms with van der Waals surface area (Å²) in [6.45, 7) is 2.34. The summed E-state index contributed by atoms with van der Waals surface area (Å²) in [5.41, 5.74) is 0.512. The molecule has 2 amide bonds. The molecule has 2 rings (SSSR count). The highest BCUT2D eigenvalue weighted by Crippen LogP contribution is 2.13. The van der Waals surface area contributed by atoms with Crippen LogP contribution in [-0.2, 0) is 16.4 Å². The molecule has 1 atom stereocenters. The van der Waals surface area contributed by atoms with Crippen molar-refractivity contribution in [3.05, 3.63) is 36.9 Å². The second kappa shape index (κ2) is 6.56. The Balaban J connectivity index is 1.89. The van der Waals surface area contributed by atoms with E-state index < -0.39 is 9.84 Å². The summed E-state index contributed by atoms with van der Waals surface area (Å²) in [6.07, 6.45) is 4.13. The molecule has 1 aromatic heterocycles. The van der Waals surface area contributed by atoms with Gasteiger partial charge in [0.2, 0.25) is 0 Å². The van der Waals surface area contributed by atoms with Gasteiger partial charge >= 0.3 is 6.03 Å². The normalized spacial score (nSPS) is 12.6. The van der Waals surface area contributed by atoms with E-state index in [0.29, 0.717) is 12.2 Å². The van der Waals surface area contributed by atoms with Crippen LogP contribution in [0.3, 0.4) is 0 Å². The largest absolute Gasteiger partial charge is 0.334 e. The van der Waals surface area contributed by atoms with Gasteiger partial charge in [-0.15, -0.1) is 0 Å². The molecule has 1 aromatic carbocycles. The van der Waals surface area contributed by atoms with Crippen molar-refractivity contribution in [3.8, 4) is 0 Å². The molecule has 118 valence electrons. The van der Waals surface area contributed by atoms with E-state index in [0.717, 1.165) is 6.26 Å². The van der Waals surface area contributed by atoms with Crippen LogP contribution in [0.1, 0.15) is 6.92 Å². The van der Waals surface area contributed by atoms with E-state index in [1.54, 1.807) is 11.0 Å². The number of nitrogens with zero attached hydrogens (tertiary/aromatic N) is 3. The maximum absolute atomic E-state index is 11.8. The fourth-order valence-corrected chi connectivity index (χ4v) is 2.46. The third-order valence-electron chi connectivity index (χ3n) is 2.85. The van der Waals surface area contributed by atoms with Gasteiger partial charge in [-0.25, -0.2) is 18.2 Å². The lowest BCUT2D eigenvalue weighted by atomic mass is 10.3. The van der Waals surface area contributed by atoms with Crippen molar-refractivity contribution in [3.63, 3.8) is 0 Å². The number of hydrogen-bond acceptors (Lipinski definition) is 5. The van der Waals surface area contributed by atoms with Crippen LogP contribution in [0.5, 0.6) is 0 Å². The molecule has 0 bridgehead atoms. The van der Waals surface area contributed by atoms with Gasteiger partial charge in [0, 0.05) is 18.0 Å². The molecule has 0 aliphatic heterocycles. The van der Waals surface area contributed by atoms with E-state index in [2.05, 4.69) is 20.7 Å². The van der Waals surface area contributed by atoms with E-state index in [1.807, 2.05) is 6.92 Å². The van der Waals surface area contributed by atoms with Crippen molar-refractivity contribution < 1.29 is 13.2 Å². The van der Waals surface area contributed by atoms with Gasteiger partial charge < -0.3 is 10.6 Å². The smallest absolute Gasteiger partial charge is 0.319 e. The molecule has 0 fully saturated rings. The van der Waals surface area contributed by atoms with Crippen molar-refractivity contribution in [2.24, 2.45) is 0 Å². The molecule has 0 saturated carbocycles.